The predicted octanol–water partition coefficient (Wildman–Crippen LogP) is 1.86. The summed E-state index contributed by atoms with van der Waals surface area (Å²) in [5, 5.41) is 8.47. The Kier molecular flexibility index (Phi) is 4.21. The van der Waals surface area contributed by atoms with E-state index >= 15 is 0 Å². The van der Waals surface area contributed by atoms with E-state index in [1.807, 2.05) is 43.3 Å². The van der Waals surface area contributed by atoms with Crippen molar-refractivity contribution in [2.24, 2.45) is 11.3 Å². The molecule has 7 heteroatoms. The molecule has 28 heavy (non-hydrogen) atoms. The number of imide groups is 1. The van der Waals surface area contributed by atoms with E-state index in [-0.39, 0.29) is 23.0 Å². The maximum Gasteiger partial charge on any atom is 0.323 e. The number of allylic oxidation sites excluding steroid dienone is 2. The minimum atomic E-state index is -0.577. The molecule has 0 bridgehead atoms. The number of benzene rings is 1. The van der Waals surface area contributed by atoms with Crippen LogP contribution in [0.4, 0.5) is 10.5 Å². The van der Waals surface area contributed by atoms with E-state index in [9.17, 15) is 14.4 Å². The minimum Gasteiger partial charge on any atom is -0.378 e. The molecular formula is C21H26N4O3. The van der Waals surface area contributed by atoms with E-state index < -0.39 is 18.1 Å². The van der Waals surface area contributed by atoms with Gasteiger partial charge in [-0.05, 0) is 29.5 Å². The number of carbonyl (C=O) groups is 3. The molecule has 3 unspecified atom stereocenters. The van der Waals surface area contributed by atoms with Crippen molar-refractivity contribution >= 4 is 23.4 Å². The Morgan fingerprint density at radius 3 is 2.32 bits per heavy atom. The lowest BCUT2D eigenvalue weighted by molar-refractivity contribution is -0.127. The second-order valence-corrected chi connectivity index (χ2v) is 8.91. The van der Waals surface area contributed by atoms with Gasteiger partial charge in [0.05, 0.1) is 5.92 Å². The third-order valence-electron chi connectivity index (χ3n) is 5.87. The van der Waals surface area contributed by atoms with E-state index in [4.69, 9.17) is 0 Å². The fourth-order valence-corrected chi connectivity index (χ4v) is 4.63. The van der Waals surface area contributed by atoms with Gasteiger partial charge in [-0.2, -0.15) is 0 Å². The molecule has 3 N–H and O–H groups in total. The minimum absolute atomic E-state index is 0.0728. The molecule has 0 spiro atoms. The second-order valence-electron chi connectivity index (χ2n) is 8.91. The Hall–Kier alpha value is -2.83. The van der Waals surface area contributed by atoms with Crippen LogP contribution in [0.1, 0.15) is 38.2 Å². The number of anilines is 1. The Labute approximate surface area is 164 Å². The van der Waals surface area contributed by atoms with Gasteiger partial charge >= 0.3 is 6.03 Å². The van der Waals surface area contributed by atoms with Crippen LogP contribution < -0.4 is 20.9 Å². The molecule has 4 rings (SSSR count). The fraction of sp³-hybridized carbons (Fsp3) is 0.476. The molecule has 2 aliphatic heterocycles. The number of urea groups is 1. The number of amides is 3. The van der Waals surface area contributed by atoms with Crippen LogP contribution in [-0.2, 0) is 9.59 Å². The van der Waals surface area contributed by atoms with E-state index in [0.717, 1.165) is 16.9 Å². The van der Waals surface area contributed by atoms with E-state index in [1.165, 1.54) is 0 Å². The Bertz CT molecular complexity index is 885. The summed E-state index contributed by atoms with van der Waals surface area (Å²) in [6.45, 7) is 4.13. The van der Waals surface area contributed by atoms with Gasteiger partial charge in [0.2, 0.25) is 5.91 Å². The van der Waals surface area contributed by atoms with E-state index in [1.54, 1.807) is 0 Å². The normalized spacial score (nSPS) is 28.6. The molecule has 0 radical (unpaired) electrons. The maximum absolute atomic E-state index is 13.1. The largest absolute Gasteiger partial charge is 0.378 e. The van der Waals surface area contributed by atoms with Gasteiger partial charge in [-0.3, -0.25) is 14.9 Å². The highest BCUT2D eigenvalue weighted by molar-refractivity contribution is 6.04. The summed E-state index contributed by atoms with van der Waals surface area (Å²) in [4.78, 5) is 39.7. The molecule has 3 atom stereocenters. The second kappa shape index (κ2) is 6.36. The third kappa shape index (κ3) is 3.04. The average molecular weight is 382 g/mol. The van der Waals surface area contributed by atoms with Crippen LogP contribution >= 0.6 is 0 Å². The Morgan fingerprint density at radius 2 is 1.68 bits per heavy atom. The summed E-state index contributed by atoms with van der Waals surface area (Å²) in [5.41, 5.74) is 3.33. The van der Waals surface area contributed by atoms with Crippen LogP contribution in [0.2, 0.25) is 0 Å². The van der Waals surface area contributed by atoms with Crippen molar-refractivity contribution in [1.82, 2.24) is 16.0 Å². The molecule has 3 aliphatic rings. The SMILES string of the molecule is CN(C)c1ccc(C2C3=C(CC(C)(C)CC3=O)NC3NC(=O)NC(=O)C32)cc1. The molecule has 0 aromatic heterocycles. The number of hydrogen-bond donors (Lipinski definition) is 3. The van der Waals surface area contributed by atoms with Crippen LogP contribution in [0.5, 0.6) is 0 Å². The first-order valence-corrected chi connectivity index (χ1v) is 9.58. The molecule has 1 saturated heterocycles. The van der Waals surface area contributed by atoms with E-state index in [2.05, 4.69) is 29.8 Å². The average Bonchev–Trinajstić information content (AvgIpc) is 2.58. The summed E-state index contributed by atoms with van der Waals surface area (Å²) < 4.78 is 0. The quantitative estimate of drug-likeness (QED) is 0.726. The lowest BCUT2D eigenvalue weighted by Gasteiger charge is -2.46. The van der Waals surface area contributed by atoms with Crippen molar-refractivity contribution in [1.29, 1.82) is 0 Å². The standard InChI is InChI=1S/C21H26N4O3/c1-21(2)9-13-16(14(26)10-21)15(11-5-7-12(8-6-11)25(3)4)17-18(22-13)23-20(28)24-19(17)27/h5-8,15,17-18,22H,9-10H2,1-4H3,(H2,23,24,27,28). The Morgan fingerprint density at radius 1 is 1.00 bits per heavy atom. The summed E-state index contributed by atoms with van der Waals surface area (Å²) in [7, 11) is 3.93. The highest BCUT2D eigenvalue weighted by atomic mass is 16.2. The predicted molar refractivity (Wildman–Crippen MR) is 106 cm³/mol. The summed E-state index contributed by atoms with van der Waals surface area (Å²) in [6.07, 6.45) is 0.631. The number of fused-ring (bicyclic) bond motifs is 1. The zero-order valence-corrected chi connectivity index (χ0v) is 16.6. The summed E-state index contributed by atoms with van der Waals surface area (Å²) >= 11 is 0. The molecule has 1 aromatic carbocycles. The van der Waals surface area contributed by atoms with Crippen molar-refractivity contribution < 1.29 is 14.4 Å². The number of hydrogen-bond acceptors (Lipinski definition) is 5. The first kappa shape index (κ1) is 18.5. The van der Waals surface area contributed by atoms with Crippen LogP contribution in [0, 0.1) is 11.3 Å². The monoisotopic (exact) mass is 382 g/mol. The number of rotatable bonds is 2. The molecule has 2 heterocycles. The highest BCUT2D eigenvalue weighted by Gasteiger charge is 2.50. The third-order valence-corrected chi connectivity index (χ3v) is 5.87. The van der Waals surface area contributed by atoms with Crippen molar-refractivity contribution in [3.05, 3.63) is 41.1 Å². The highest BCUT2D eigenvalue weighted by Crippen LogP contribution is 2.47. The molecule has 1 aliphatic carbocycles. The van der Waals surface area contributed by atoms with E-state index in [0.29, 0.717) is 18.4 Å². The molecule has 0 saturated carbocycles. The van der Waals surface area contributed by atoms with Crippen molar-refractivity contribution in [3.63, 3.8) is 0 Å². The van der Waals surface area contributed by atoms with Gasteiger partial charge in [0.25, 0.3) is 0 Å². The molecule has 1 fully saturated rings. The molecular weight excluding hydrogens is 356 g/mol. The van der Waals surface area contributed by atoms with Crippen molar-refractivity contribution in [3.8, 4) is 0 Å². The Balaban J connectivity index is 1.84. The zero-order valence-electron chi connectivity index (χ0n) is 16.6. The molecule has 1 aromatic rings. The zero-order chi connectivity index (χ0) is 20.2. The van der Waals surface area contributed by atoms with Gasteiger partial charge in [-0.25, -0.2) is 4.79 Å². The van der Waals surface area contributed by atoms with Gasteiger partial charge < -0.3 is 15.5 Å². The smallest absolute Gasteiger partial charge is 0.323 e. The number of ketones is 1. The topological polar surface area (TPSA) is 90.5 Å². The maximum atomic E-state index is 13.1. The molecule has 7 nitrogen and oxygen atoms in total. The van der Waals surface area contributed by atoms with Crippen molar-refractivity contribution in [2.75, 3.05) is 19.0 Å². The lowest BCUT2D eigenvalue weighted by Crippen LogP contribution is -2.66. The fourth-order valence-electron chi connectivity index (χ4n) is 4.63. The molecule has 148 valence electrons. The van der Waals surface area contributed by atoms with Gasteiger partial charge in [0, 0.05) is 43.4 Å². The van der Waals surface area contributed by atoms with Crippen LogP contribution in [0.25, 0.3) is 0 Å². The van der Waals surface area contributed by atoms with Gasteiger partial charge in [0.1, 0.15) is 6.17 Å². The number of Topliss-reactive ketones (excluding diaryl/α,β-unsaturated/α-hetero) is 1. The summed E-state index contributed by atoms with van der Waals surface area (Å²) in [6, 6.07) is 7.42. The van der Waals surface area contributed by atoms with Gasteiger partial charge in [0.15, 0.2) is 5.78 Å². The first-order chi connectivity index (χ1) is 13.2. The number of nitrogens with zero attached hydrogens (tertiary/aromatic N) is 1. The van der Waals surface area contributed by atoms with Gasteiger partial charge in [-0.15, -0.1) is 0 Å². The van der Waals surface area contributed by atoms with Crippen LogP contribution in [0.3, 0.4) is 0 Å². The lowest BCUT2D eigenvalue weighted by atomic mass is 9.66. The van der Waals surface area contributed by atoms with Gasteiger partial charge in [-0.1, -0.05) is 26.0 Å². The first-order valence-electron chi connectivity index (χ1n) is 9.58. The number of nitrogens with one attached hydrogen (secondary N) is 3. The van der Waals surface area contributed by atoms with Crippen molar-refractivity contribution in [2.45, 2.75) is 38.8 Å². The summed E-state index contributed by atoms with van der Waals surface area (Å²) in [5.74, 6) is -1.25. The van der Waals surface area contributed by atoms with Crippen LogP contribution in [0.15, 0.2) is 35.5 Å². The van der Waals surface area contributed by atoms with Crippen LogP contribution in [-0.4, -0.2) is 38.0 Å². The number of carbonyl (C=O) groups excluding carboxylic acids is 3. The molecule has 3 amide bonds.